The highest BCUT2D eigenvalue weighted by molar-refractivity contribution is 7.80. The molecule has 0 aliphatic carbocycles. The number of benzene rings is 2. The van der Waals surface area contributed by atoms with Gasteiger partial charge >= 0.3 is 0 Å². The van der Waals surface area contributed by atoms with Crippen molar-refractivity contribution in [2.75, 3.05) is 25.1 Å². The van der Waals surface area contributed by atoms with E-state index in [0.717, 1.165) is 35.2 Å². The van der Waals surface area contributed by atoms with Crippen LogP contribution >= 0.6 is 12.2 Å². The second-order valence-electron chi connectivity index (χ2n) is 4.19. The van der Waals surface area contributed by atoms with E-state index in [1.807, 2.05) is 37.3 Å². The highest BCUT2D eigenvalue weighted by Gasteiger charge is 2.06. The van der Waals surface area contributed by atoms with Crippen molar-refractivity contribution in [3.63, 3.8) is 0 Å². The standard InChI is InChI=1S/C15H18N2OS/c1-2-18-10-9-17-14-8-7-13(15(16)19)11-5-3-4-6-12(11)14/h3-8,17H,2,9-10H2,1H3,(H2,16,19). The Kier molecular flexibility index (Phi) is 4.71. The molecule has 0 bridgehead atoms. The number of hydrogen-bond acceptors (Lipinski definition) is 3. The molecule has 100 valence electrons. The van der Waals surface area contributed by atoms with Gasteiger partial charge in [-0.25, -0.2) is 0 Å². The minimum absolute atomic E-state index is 0.428. The maximum absolute atomic E-state index is 5.76. The number of hydrogen-bond donors (Lipinski definition) is 2. The first-order chi connectivity index (χ1) is 9.24. The normalized spacial score (nSPS) is 10.6. The molecule has 3 nitrogen and oxygen atoms in total. The number of anilines is 1. The summed E-state index contributed by atoms with van der Waals surface area (Å²) < 4.78 is 5.33. The monoisotopic (exact) mass is 274 g/mol. The molecule has 0 radical (unpaired) electrons. The predicted octanol–water partition coefficient (Wildman–Crippen LogP) is 2.92. The van der Waals surface area contributed by atoms with Crippen LogP contribution in [0.4, 0.5) is 5.69 Å². The van der Waals surface area contributed by atoms with Crippen LogP contribution in [-0.4, -0.2) is 24.7 Å². The van der Waals surface area contributed by atoms with Crippen molar-refractivity contribution in [1.82, 2.24) is 0 Å². The molecule has 2 aromatic rings. The van der Waals surface area contributed by atoms with Crippen molar-refractivity contribution < 1.29 is 4.74 Å². The van der Waals surface area contributed by atoms with E-state index in [-0.39, 0.29) is 0 Å². The van der Waals surface area contributed by atoms with Crippen LogP contribution in [0.15, 0.2) is 36.4 Å². The number of rotatable bonds is 6. The van der Waals surface area contributed by atoms with Crippen LogP contribution in [0.1, 0.15) is 12.5 Å². The molecule has 0 saturated carbocycles. The maximum Gasteiger partial charge on any atom is 0.104 e. The van der Waals surface area contributed by atoms with Gasteiger partial charge in [-0.3, -0.25) is 0 Å². The van der Waals surface area contributed by atoms with Crippen molar-refractivity contribution in [3.05, 3.63) is 42.0 Å². The van der Waals surface area contributed by atoms with Gasteiger partial charge in [0.2, 0.25) is 0 Å². The topological polar surface area (TPSA) is 47.3 Å². The third-order valence-corrected chi connectivity index (χ3v) is 3.18. The second kappa shape index (κ2) is 6.50. The number of thiocarbonyl (C=S) groups is 1. The Morgan fingerprint density at radius 2 is 1.95 bits per heavy atom. The first-order valence-electron chi connectivity index (χ1n) is 6.37. The summed E-state index contributed by atoms with van der Waals surface area (Å²) in [5.74, 6) is 0. The smallest absolute Gasteiger partial charge is 0.104 e. The third kappa shape index (κ3) is 3.22. The van der Waals surface area contributed by atoms with E-state index in [1.54, 1.807) is 0 Å². The Bertz CT molecular complexity index is 583. The van der Waals surface area contributed by atoms with Gasteiger partial charge in [-0.2, -0.15) is 0 Å². The molecule has 3 N–H and O–H groups in total. The molecular weight excluding hydrogens is 256 g/mol. The van der Waals surface area contributed by atoms with Crippen molar-refractivity contribution in [1.29, 1.82) is 0 Å². The molecule has 0 amide bonds. The van der Waals surface area contributed by atoms with E-state index in [1.165, 1.54) is 0 Å². The fraction of sp³-hybridized carbons (Fsp3) is 0.267. The average molecular weight is 274 g/mol. The molecule has 2 aromatic carbocycles. The first kappa shape index (κ1) is 13.8. The summed E-state index contributed by atoms with van der Waals surface area (Å²) in [7, 11) is 0. The average Bonchev–Trinajstić information content (AvgIpc) is 2.43. The highest BCUT2D eigenvalue weighted by atomic mass is 32.1. The van der Waals surface area contributed by atoms with E-state index in [0.29, 0.717) is 11.6 Å². The Hall–Kier alpha value is -1.65. The number of ether oxygens (including phenoxy) is 1. The number of nitrogens with two attached hydrogens (primary N) is 1. The summed E-state index contributed by atoms with van der Waals surface area (Å²) in [6.07, 6.45) is 0. The molecule has 0 unspecified atom stereocenters. The van der Waals surface area contributed by atoms with Crippen molar-refractivity contribution in [2.45, 2.75) is 6.92 Å². The molecule has 0 aromatic heterocycles. The lowest BCUT2D eigenvalue weighted by molar-refractivity contribution is 0.158. The summed E-state index contributed by atoms with van der Waals surface area (Å²) in [5.41, 5.74) is 7.76. The quantitative estimate of drug-likeness (QED) is 0.628. The molecule has 0 saturated heterocycles. The van der Waals surface area contributed by atoms with Crippen LogP contribution in [0, 0.1) is 0 Å². The molecule has 19 heavy (non-hydrogen) atoms. The van der Waals surface area contributed by atoms with Crippen LogP contribution in [0.2, 0.25) is 0 Å². The van der Waals surface area contributed by atoms with Crippen LogP contribution in [0.3, 0.4) is 0 Å². The largest absolute Gasteiger partial charge is 0.389 e. The summed E-state index contributed by atoms with van der Waals surface area (Å²) >= 11 is 5.09. The molecule has 2 rings (SSSR count). The predicted molar refractivity (Wildman–Crippen MR) is 84.8 cm³/mol. The summed E-state index contributed by atoms with van der Waals surface area (Å²) in [6.45, 7) is 4.21. The Balaban J connectivity index is 2.30. The van der Waals surface area contributed by atoms with Crippen molar-refractivity contribution in [3.8, 4) is 0 Å². The third-order valence-electron chi connectivity index (χ3n) is 2.96. The van der Waals surface area contributed by atoms with Gasteiger partial charge in [0, 0.05) is 29.8 Å². The van der Waals surface area contributed by atoms with Crippen molar-refractivity contribution >= 4 is 33.7 Å². The minimum atomic E-state index is 0.428. The van der Waals surface area contributed by atoms with Gasteiger partial charge in [0.05, 0.1) is 6.61 Å². The van der Waals surface area contributed by atoms with Gasteiger partial charge in [-0.15, -0.1) is 0 Å². The fourth-order valence-electron chi connectivity index (χ4n) is 2.07. The Labute approximate surface area is 118 Å². The van der Waals surface area contributed by atoms with Gasteiger partial charge in [0.1, 0.15) is 4.99 Å². The summed E-state index contributed by atoms with van der Waals surface area (Å²) in [4.78, 5) is 0.428. The highest BCUT2D eigenvalue weighted by Crippen LogP contribution is 2.26. The lowest BCUT2D eigenvalue weighted by Crippen LogP contribution is -2.12. The fourth-order valence-corrected chi connectivity index (χ4v) is 2.25. The molecule has 0 heterocycles. The van der Waals surface area contributed by atoms with E-state index in [2.05, 4.69) is 11.4 Å². The lowest BCUT2D eigenvalue weighted by Gasteiger charge is -2.12. The van der Waals surface area contributed by atoms with Crippen LogP contribution in [0.5, 0.6) is 0 Å². The molecule has 4 heteroatoms. The van der Waals surface area contributed by atoms with Gasteiger partial charge in [0.15, 0.2) is 0 Å². The number of fused-ring (bicyclic) bond motifs is 1. The van der Waals surface area contributed by atoms with E-state index in [9.17, 15) is 0 Å². The van der Waals surface area contributed by atoms with Gasteiger partial charge in [-0.1, -0.05) is 36.5 Å². The molecule has 0 spiro atoms. The Morgan fingerprint density at radius 3 is 2.63 bits per heavy atom. The lowest BCUT2D eigenvalue weighted by atomic mass is 10.0. The van der Waals surface area contributed by atoms with Gasteiger partial charge in [-0.05, 0) is 24.4 Å². The van der Waals surface area contributed by atoms with Crippen LogP contribution in [-0.2, 0) is 4.74 Å². The zero-order valence-electron chi connectivity index (χ0n) is 11.0. The van der Waals surface area contributed by atoms with E-state index < -0.39 is 0 Å². The van der Waals surface area contributed by atoms with Gasteiger partial charge in [0.25, 0.3) is 0 Å². The Morgan fingerprint density at radius 1 is 1.21 bits per heavy atom. The van der Waals surface area contributed by atoms with E-state index >= 15 is 0 Å². The summed E-state index contributed by atoms with van der Waals surface area (Å²) in [6, 6.07) is 12.1. The molecule has 0 aliphatic rings. The van der Waals surface area contributed by atoms with Crippen LogP contribution < -0.4 is 11.1 Å². The molecule has 0 atom stereocenters. The number of nitrogens with one attached hydrogen (secondary N) is 1. The van der Waals surface area contributed by atoms with Gasteiger partial charge < -0.3 is 15.8 Å². The first-order valence-corrected chi connectivity index (χ1v) is 6.78. The van der Waals surface area contributed by atoms with Crippen molar-refractivity contribution in [2.24, 2.45) is 5.73 Å². The second-order valence-corrected chi connectivity index (χ2v) is 4.63. The SMILES string of the molecule is CCOCCNc1ccc(C(N)=S)c2ccccc12. The zero-order chi connectivity index (χ0) is 13.7. The molecule has 0 aliphatic heterocycles. The molecule has 0 fully saturated rings. The summed E-state index contributed by atoms with van der Waals surface area (Å²) in [5, 5.41) is 5.59. The van der Waals surface area contributed by atoms with E-state index in [4.69, 9.17) is 22.7 Å². The maximum atomic E-state index is 5.76. The zero-order valence-corrected chi connectivity index (χ0v) is 11.8. The molecular formula is C15H18N2OS. The van der Waals surface area contributed by atoms with Crippen LogP contribution in [0.25, 0.3) is 10.8 Å². The minimum Gasteiger partial charge on any atom is -0.389 e.